The summed E-state index contributed by atoms with van der Waals surface area (Å²) in [6.45, 7) is 1.12. The number of ether oxygens (including phenoxy) is 2. The van der Waals surface area contributed by atoms with Gasteiger partial charge < -0.3 is 14.8 Å². The average Bonchev–Trinajstić information content (AvgIpc) is 2.76. The quantitative estimate of drug-likeness (QED) is 0.714. The molecule has 3 aromatic carbocycles. The van der Waals surface area contributed by atoms with E-state index in [0.29, 0.717) is 18.7 Å². The Hall–Kier alpha value is -2.95. The van der Waals surface area contributed by atoms with Gasteiger partial charge in [-0.05, 0) is 17.7 Å². The minimum Gasteiger partial charge on any atom is -0.423 e. The molecule has 0 spiro atoms. The van der Waals surface area contributed by atoms with E-state index in [1.807, 2.05) is 78.9 Å². The molecule has 136 valence electrons. The zero-order chi connectivity index (χ0) is 18.5. The molecule has 0 aromatic heterocycles. The minimum atomic E-state index is -1.24. The summed E-state index contributed by atoms with van der Waals surface area (Å²) < 4.78 is 12.3. The third-order valence-corrected chi connectivity index (χ3v) is 4.71. The van der Waals surface area contributed by atoms with E-state index in [9.17, 15) is 4.79 Å². The Morgan fingerprint density at radius 2 is 1.48 bits per heavy atom. The summed E-state index contributed by atoms with van der Waals surface area (Å²) in [5.74, 6) is -1.66. The molecule has 1 heterocycles. The molecule has 0 bridgehead atoms. The molecule has 0 radical (unpaired) electrons. The molecule has 2 atom stereocenters. The van der Waals surface area contributed by atoms with Gasteiger partial charge >= 0.3 is 5.97 Å². The van der Waals surface area contributed by atoms with Crippen LogP contribution >= 0.6 is 0 Å². The van der Waals surface area contributed by atoms with Gasteiger partial charge in [-0.1, -0.05) is 78.9 Å². The smallest absolute Gasteiger partial charge is 0.340 e. The fourth-order valence-corrected chi connectivity index (χ4v) is 3.45. The van der Waals surface area contributed by atoms with Crippen LogP contribution in [0.3, 0.4) is 0 Å². The summed E-state index contributed by atoms with van der Waals surface area (Å²) in [5, 5.41) is 3.48. The maximum Gasteiger partial charge on any atom is 0.340 e. The van der Waals surface area contributed by atoms with Crippen LogP contribution in [0, 0.1) is 0 Å². The maximum atomic E-state index is 12.9. The van der Waals surface area contributed by atoms with Gasteiger partial charge in [-0.15, -0.1) is 0 Å². The topological polar surface area (TPSA) is 47.6 Å². The molecule has 1 aliphatic heterocycles. The van der Waals surface area contributed by atoms with Gasteiger partial charge in [0.15, 0.2) is 0 Å². The number of hydrogen-bond donors (Lipinski definition) is 1. The summed E-state index contributed by atoms with van der Waals surface area (Å²) in [4.78, 5) is 12.9. The number of carbonyl (C=O) groups excluding carboxylic acids is 1. The number of nitrogens with one attached hydrogen (secondary N) is 1. The Morgan fingerprint density at radius 1 is 0.889 bits per heavy atom. The Balaban J connectivity index is 1.79. The molecular weight excluding hydrogens is 338 g/mol. The summed E-state index contributed by atoms with van der Waals surface area (Å²) >= 11 is 0. The van der Waals surface area contributed by atoms with Crippen LogP contribution < -0.4 is 5.32 Å². The first-order valence-corrected chi connectivity index (χ1v) is 9.06. The van der Waals surface area contributed by atoms with Crippen LogP contribution in [0.2, 0.25) is 0 Å². The lowest BCUT2D eigenvalue weighted by molar-refractivity contribution is -0.249. The number of carbonyl (C=O) groups is 1. The Labute approximate surface area is 158 Å². The second-order valence-corrected chi connectivity index (χ2v) is 6.44. The minimum absolute atomic E-state index is 0.317. The van der Waals surface area contributed by atoms with E-state index in [2.05, 4.69) is 5.32 Å². The molecule has 0 saturated carbocycles. The first-order valence-electron chi connectivity index (χ1n) is 9.06. The second kappa shape index (κ2) is 7.74. The molecule has 0 unspecified atom stereocenters. The molecule has 4 nitrogen and oxygen atoms in total. The second-order valence-electron chi connectivity index (χ2n) is 6.44. The monoisotopic (exact) mass is 359 g/mol. The highest BCUT2D eigenvalue weighted by molar-refractivity contribution is 5.89. The number of esters is 1. The average molecular weight is 359 g/mol. The van der Waals surface area contributed by atoms with Crippen LogP contribution in [0.1, 0.15) is 27.5 Å². The van der Waals surface area contributed by atoms with Crippen molar-refractivity contribution in [2.75, 3.05) is 13.2 Å². The van der Waals surface area contributed by atoms with E-state index in [0.717, 1.165) is 11.1 Å². The van der Waals surface area contributed by atoms with Gasteiger partial charge in [0.2, 0.25) is 0 Å². The zero-order valence-corrected chi connectivity index (χ0v) is 14.9. The van der Waals surface area contributed by atoms with Crippen molar-refractivity contribution in [1.82, 2.24) is 5.32 Å². The van der Waals surface area contributed by atoms with Crippen LogP contribution in [0.4, 0.5) is 0 Å². The van der Waals surface area contributed by atoms with Crippen LogP contribution in [0.25, 0.3) is 0 Å². The van der Waals surface area contributed by atoms with Gasteiger partial charge in [0, 0.05) is 12.1 Å². The van der Waals surface area contributed by atoms with Crippen molar-refractivity contribution >= 4 is 5.97 Å². The van der Waals surface area contributed by atoms with Crippen molar-refractivity contribution in [1.29, 1.82) is 0 Å². The molecule has 1 saturated heterocycles. The lowest BCUT2D eigenvalue weighted by Crippen LogP contribution is -2.52. The zero-order valence-electron chi connectivity index (χ0n) is 14.9. The SMILES string of the molecule is O=C(O[C@]1(c2ccccc2)OCCN[C@@H]1c1ccccc1)c1ccccc1. The Morgan fingerprint density at radius 3 is 2.15 bits per heavy atom. The van der Waals surface area contributed by atoms with E-state index in [1.165, 1.54) is 0 Å². The largest absolute Gasteiger partial charge is 0.423 e. The van der Waals surface area contributed by atoms with Crippen molar-refractivity contribution in [3.63, 3.8) is 0 Å². The fraction of sp³-hybridized carbons (Fsp3) is 0.174. The molecule has 4 heteroatoms. The van der Waals surface area contributed by atoms with Gasteiger partial charge in [0.05, 0.1) is 12.2 Å². The third-order valence-electron chi connectivity index (χ3n) is 4.71. The highest BCUT2D eigenvalue weighted by Crippen LogP contribution is 2.42. The summed E-state index contributed by atoms with van der Waals surface area (Å²) in [6, 6.07) is 28.3. The molecule has 1 aliphatic rings. The normalized spacial score (nSPS) is 22.1. The van der Waals surface area contributed by atoms with Gasteiger partial charge in [-0.3, -0.25) is 0 Å². The summed E-state index contributed by atoms with van der Waals surface area (Å²) in [7, 11) is 0. The highest BCUT2D eigenvalue weighted by Gasteiger charge is 2.48. The molecule has 0 aliphatic carbocycles. The number of hydrogen-bond acceptors (Lipinski definition) is 4. The molecular formula is C23H21NO3. The van der Waals surface area contributed by atoms with Crippen molar-refractivity contribution < 1.29 is 14.3 Å². The number of rotatable bonds is 4. The molecule has 0 amide bonds. The predicted molar refractivity (Wildman–Crippen MR) is 103 cm³/mol. The van der Waals surface area contributed by atoms with Gasteiger partial charge in [-0.25, -0.2) is 4.79 Å². The molecule has 27 heavy (non-hydrogen) atoms. The van der Waals surface area contributed by atoms with E-state index >= 15 is 0 Å². The molecule has 1 N–H and O–H groups in total. The van der Waals surface area contributed by atoms with Crippen molar-refractivity contribution in [2.24, 2.45) is 0 Å². The first-order chi connectivity index (χ1) is 13.3. The maximum absolute atomic E-state index is 12.9. The van der Waals surface area contributed by atoms with E-state index in [1.54, 1.807) is 12.1 Å². The van der Waals surface area contributed by atoms with Crippen LogP contribution in [0.15, 0.2) is 91.0 Å². The molecule has 1 fully saturated rings. The number of morpholine rings is 1. The van der Waals surface area contributed by atoms with E-state index in [4.69, 9.17) is 9.47 Å². The highest BCUT2D eigenvalue weighted by atomic mass is 16.7. The van der Waals surface area contributed by atoms with Crippen LogP contribution in [-0.2, 0) is 15.3 Å². The number of benzene rings is 3. The van der Waals surface area contributed by atoms with Gasteiger partial charge in [0.25, 0.3) is 5.79 Å². The standard InChI is InChI=1S/C23H21NO3/c25-22(19-12-6-2-7-13-19)27-23(20-14-8-3-9-15-20)21(24-16-17-26-23)18-10-4-1-5-11-18/h1-15,21,24H,16-17H2/t21-,23+/m1/s1. The lowest BCUT2D eigenvalue weighted by Gasteiger charge is -2.43. The Bertz CT molecular complexity index is 883. The summed E-state index contributed by atoms with van der Waals surface area (Å²) in [5.41, 5.74) is 2.30. The van der Waals surface area contributed by atoms with Gasteiger partial charge in [0.1, 0.15) is 6.04 Å². The van der Waals surface area contributed by atoms with Crippen molar-refractivity contribution in [3.8, 4) is 0 Å². The van der Waals surface area contributed by atoms with Crippen molar-refractivity contribution in [3.05, 3.63) is 108 Å². The van der Waals surface area contributed by atoms with Gasteiger partial charge in [-0.2, -0.15) is 0 Å². The summed E-state index contributed by atoms with van der Waals surface area (Å²) in [6.07, 6.45) is 0. The van der Waals surface area contributed by atoms with Crippen LogP contribution in [-0.4, -0.2) is 19.1 Å². The van der Waals surface area contributed by atoms with Crippen LogP contribution in [0.5, 0.6) is 0 Å². The molecule has 4 rings (SSSR count). The third kappa shape index (κ3) is 3.50. The first kappa shape index (κ1) is 17.5. The lowest BCUT2D eigenvalue weighted by atomic mass is 9.90. The van der Waals surface area contributed by atoms with E-state index in [-0.39, 0.29) is 6.04 Å². The predicted octanol–water partition coefficient (Wildman–Crippen LogP) is 4.06. The Kier molecular flexibility index (Phi) is 5.01. The van der Waals surface area contributed by atoms with E-state index < -0.39 is 11.8 Å². The molecule has 3 aromatic rings. The fourth-order valence-electron chi connectivity index (χ4n) is 3.45. The van der Waals surface area contributed by atoms with Crippen molar-refractivity contribution in [2.45, 2.75) is 11.8 Å².